The number of carbonyl (C=O) groups is 1. The molecule has 2 aromatic carbocycles. The number of rotatable bonds is 5. The molecule has 2 aromatic rings. The van der Waals surface area contributed by atoms with Crippen molar-refractivity contribution >= 4 is 23.0 Å². The molecule has 3 rings (SSSR count). The lowest BCUT2D eigenvalue weighted by molar-refractivity contribution is -0.116. The predicted octanol–water partition coefficient (Wildman–Crippen LogP) is 1.07. The van der Waals surface area contributed by atoms with Gasteiger partial charge in [0, 0.05) is 12.2 Å². The zero-order valence-electron chi connectivity index (χ0n) is 14.1. The summed E-state index contributed by atoms with van der Waals surface area (Å²) in [6.45, 7) is 3.15. The number of nitrogens with zero attached hydrogens (tertiary/aromatic N) is 1. The number of aryl methyl sites for hydroxylation is 1. The van der Waals surface area contributed by atoms with E-state index in [0.717, 1.165) is 23.6 Å². The third-order valence-electron chi connectivity index (χ3n) is 3.76. The fourth-order valence-electron chi connectivity index (χ4n) is 2.49. The molecule has 1 aliphatic rings. The molecular weight excluding hydrogens is 334 g/mol. The molecule has 1 amide bonds. The molecule has 0 unspecified atom stereocenters. The summed E-state index contributed by atoms with van der Waals surface area (Å²) >= 11 is 0. The number of hydrogen-bond acceptors (Lipinski definition) is 3. The number of halogens is 1. The number of amides is 1. The van der Waals surface area contributed by atoms with Crippen molar-refractivity contribution in [2.45, 2.75) is 6.92 Å². The van der Waals surface area contributed by atoms with Crippen molar-refractivity contribution < 1.29 is 17.2 Å². The number of para-hydroxylation sites is 2. The largest absolute Gasteiger partial charge is 1.00 e. The van der Waals surface area contributed by atoms with E-state index in [0.29, 0.717) is 6.54 Å². The number of carbonyl (C=O) groups excluding carboxylic acids is 1. The summed E-state index contributed by atoms with van der Waals surface area (Å²) in [6.07, 6.45) is 7.87. The molecule has 0 radical (unpaired) electrons. The fraction of sp³-hybridized carbons (Fsp3) is 0.150. The van der Waals surface area contributed by atoms with Crippen LogP contribution in [0.3, 0.4) is 0 Å². The topological polar surface area (TPSA) is 44.4 Å². The van der Waals surface area contributed by atoms with Gasteiger partial charge in [0.2, 0.25) is 5.91 Å². The van der Waals surface area contributed by atoms with E-state index in [9.17, 15) is 4.79 Å². The minimum atomic E-state index is -0.0342. The van der Waals surface area contributed by atoms with Crippen molar-refractivity contribution in [3.63, 3.8) is 0 Å². The molecule has 0 aromatic heterocycles. The first-order valence-corrected chi connectivity index (χ1v) is 8.01. The van der Waals surface area contributed by atoms with E-state index in [2.05, 4.69) is 29.7 Å². The highest BCUT2D eigenvalue weighted by Crippen LogP contribution is 2.25. The van der Waals surface area contributed by atoms with Crippen molar-refractivity contribution in [2.75, 3.05) is 23.7 Å². The predicted molar refractivity (Wildman–Crippen MR) is 99.4 cm³/mol. The standard InChI is InChI=1S/C20H21N3O.ClH/c1-16-9-11-17(12-10-16)21-18-7-3-4-8-19(18)22-20(24)15-23-13-5-2-6-14-23;/h2-13,21H,14-15H2,1H3,(H,22,24);1H/p-1. The van der Waals surface area contributed by atoms with Crippen LogP contribution in [-0.2, 0) is 4.79 Å². The lowest BCUT2D eigenvalue weighted by atomic mass is 10.2. The maximum absolute atomic E-state index is 12.3. The van der Waals surface area contributed by atoms with Crippen molar-refractivity contribution in [1.29, 1.82) is 0 Å². The molecule has 0 fully saturated rings. The van der Waals surface area contributed by atoms with E-state index in [-0.39, 0.29) is 18.3 Å². The third kappa shape index (κ3) is 5.40. The Balaban J connectivity index is 0.00000225. The first-order valence-electron chi connectivity index (χ1n) is 8.01. The zero-order valence-corrected chi connectivity index (χ0v) is 14.8. The van der Waals surface area contributed by atoms with Crippen LogP contribution >= 0.6 is 0 Å². The van der Waals surface area contributed by atoms with Crippen LogP contribution in [0.25, 0.3) is 0 Å². The van der Waals surface area contributed by atoms with Gasteiger partial charge in [-0.25, -0.2) is 0 Å². The molecule has 25 heavy (non-hydrogen) atoms. The van der Waals surface area contributed by atoms with Crippen LogP contribution in [0.5, 0.6) is 0 Å². The Morgan fingerprint density at radius 3 is 2.44 bits per heavy atom. The van der Waals surface area contributed by atoms with Gasteiger partial charge in [-0.05, 0) is 43.5 Å². The van der Waals surface area contributed by atoms with Crippen molar-refractivity contribution in [3.8, 4) is 0 Å². The Morgan fingerprint density at radius 2 is 1.76 bits per heavy atom. The second kappa shape index (κ2) is 8.94. The van der Waals surface area contributed by atoms with Gasteiger partial charge in [0.25, 0.3) is 0 Å². The van der Waals surface area contributed by atoms with Gasteiger partial charge in [-0.3, -0.25) is 4.79 Å². The van der Waals surface area contributed by atoms with Crippen LogP contribution < -0.4 is 23.0 Å². The molecule has 0 atom stereocenters. The Morgan fingerprint density at radius 1 is 1.04 bits per heavy atom. The molecule has 0 saturated carbocycles. The van der Waals surface area contributed by atoms with Gasteiger partial charge < -0.3 is 27.9 Å². The van der Waals surface area contributed by atoms with E-state index < -0.39 is 0 Å². The molecule has 1 heterocycles. The summed E-state index contributed by atoms with van der Waals surface area (Å²) in [5.74, 6) is -0.0342. The smallest absolute Gasteiger partial charge is 0.243 e. The summed E-state index contributed by atoms with van der Waals surface area (Å²) < 4.78 is 0. The molecule has 0 bridgehead atoms. The summed E-state index contributed by atoms with van der Waals surface area (Å²) in [7, 11) is 0. The van der Waals surface area contributed by atoms with Crippen LogP contribution in [0.4, 0.5) is 17.1 Å². The molecule has 4 nitrogen and oxygen atoms in total. The summed E-state index contributed by atoms with van der Waals surface area (Å²) in [5.41, 5.74) is 3.86. The van der Waals surface area contributed by atoms with Crippen LogP contribution in [0.1, 0.15) is 5.56 Å². The van der Waals surface area contributed by atoms with E-state index in [4.69, 9.17) is 0 Å². The molecular formula is C20H21ClN3O-. The highest BCUT2D eigenvalue weighted by atomic mass is 35.5. The van der Waals surface area contributed by atoms with Gasteiger partial charge in [0.15, 0.2) is 0 Å². The average molecular weight is 355 g/mol. The van der Waals surface area contributed by atoms with Crippen LogP contribution in [0.2, 0.25) is 0 Å². The summed E-state index contributed by atoms with van der Waals surface area (Å²) in [5, 5.41) is 6.34. The SMILES string of the molecule is Cc1ccc(Nc2ccccc2NC(=O)CN2C=CC=CC2)cc1.[Cl-]. The van der Waals surface area contributed by atoms with Crippen LogP contribution in [0, 0.1) is 6.92 Å². The van der Waals surface area contributed by atoms with Crippen LogP contribution in [0.15, 0.2) is 73.0 Å². The molecule has 130 valence electrons. The van der Waals surface area contributed by atoms with E-state index in [1.54, 1.807) is 0 Å². The first kappa shape index (κ1) is 18.6. The highest BCUT2D eigenvalue weighted by Gasteiger charge is 2.10. The fourth-order valence-corrected chi connectivity index (χ4v) is 2.49. The maximum Gasteiger partial charge on any atom is 0.243 e. The molecule has 0 spiro atoms. The molecule has 2 N–H and O–H groups in total. The number of allylic oxidation sites excluding steroid dienone is 2. The minimum absolute atomic E-state index is 0. The first-order chi connectivity index (χ1) is 11.7. The Labute approximate surface area is 154 Å². The lowest BCUT2D eigenvalue weighted by Gasteiger charge is -2.20. The number of nitrogens with one attached hydrogen (secondary N) is 2. The number of benzene rings is 2. The van der Waals surface area contributed by atoms with Crippen LogP contribution in [-0.4, -0.2) is 23.9 Å². The summed E-state index contributed by atoms with van der Waals surface area (Å²) in [4.78, 5) is 14.3. The third-order valence-corrected chi connectivity index (χ3v) is 3.76. The Kier molecular flexibility index (Phi) is 6.66. The van der Waals surface area contributed by atoms with Crippen molar-refractivity contribution in [1.82, 2.24) is 4.90 Å². The summed E-state index contributed by atoms with van der Waals surface area (Å²) in [6, 6.07) is 15.9. The maximum atomic E-state index is 12.3. The Bertz CT molecular complexity index is 769. The van der Waals surface area contributed by atoms with Crippen molar-refractivity contribution in [3.05, 3.63) is 78.5 Å². The normalized spacial score (nSPS) is 12.4. The van der Waals surface area contributed by atoms with E-state index in [1.165, 1.54) is 5.56 Å². The van der Waals surface area contributed by atoms with E-state index >= 15 is 0 Å². The molecule has 5 heteroatoms. The van der Waals surface area contributed by atoms with Gasteiger partial charge in [0.1, 0.15) is 0 Å². The monoisotopic (exact) mass is 354 g/mol. The van der Waals surface area contributed by atoms with Gasteiger partial charge in [-0.1, -0.05) is 42.0 Å². The second-order valence-corrected chi connectivity index (χ2v) is 5.78. The molecule has 0 saturated heterocycles. The van der Waals surface area contributed by atoms with Gasteiger partial charge in [0.05, 0.1) is 17.9 Å². The number of anilines is 3. The minimum Gasteiger partial charge on any atom is -1.00 e. The van der Waals surface area contributed by atoms with E-state index in [1.807, 2.05) is 65.7 Å². The van der Waals surface area contributed by atoms with Crippen molar-refractivity contribution in [2.24, 2.45) is 0 Å². The highest BCUT2D eigenvalue weighted by molar-refractivity contribution is 5.96. The average Bonchev–Trinajstić information content (AvgIpc) is 2.59. The lowest BCUT2D eigenvalue weighted by Crippen LogP contribution is -3.00. The molecule has 0 aliphatic carbocycles. The van der Waals surface area contributed by atoms with Gasteiger partial charge in [-0.15, -0.1) is 0 Å². The Hall–Kier alpha value is -2.72. The molecule has 1 aliphatic heterocycles. The number of hydrogen-bond donors (Lipinski definition) is 2. The van der Waals surface area contributed by atoms with Gasteiger partial charge in [-0.2, -0.15) is 0 Å². The zero-order chi connectivity index (χ0) is 16.8. The second-order valence-electron chi connectivity index (χ2n) is 5.78. The quantitative estimate of drug-likeness (QED) is 0.844. The van der Waals surface area contributed by atoms with Gasteiger partial charge >= 0.3 is 0 Å².